The van der Waals surface area contributed by atoms with E-state index in [1.807, 2.05) is 0 Å². The molecule has 0 fully saturated rings. The highest BCUT2D eigenvalue weighted by Gasteiger charge is 2.06. The molecule has 0 aliphatic heterocycles. The molecule has 6 heteroatoms. The maximum atomic E-state index is 10.4. The van der Waals surface area contributed by atoms with Gasteiger partial charge in [-0.2, -0.15) is 8.42 Å². The molecular formula is C6H7NO3S2. The predicted octanol–water partition coefficient (Wildman–Crippen LogP) is 1.16. The summed E-state index contributed by atoms with van der Waals surface area (Å²) in [4.78, 5) is 0.400. The molecule has 0 saturated carbocycles. The summed E-state index contributed by atoms with van der Waals surface area (Å²) in [6.07, 6.45) is 0. The van der Waals surface area contributed by atoms with E-state index in [2.05, 4.69) is 0 Å². The molecular weight excluding hydrogens is 198 g/mol. The monoisotopic (exact) mass is 205 g/mol. The lowest BCUT2D eigenvalue weighted by molar-refractivity contribution is 0.503. The van der Waals surface area contributed by atoms with Crippen LogP contribution in [0.1, 0.15) is 0 Å². The highest BCUT2D eigenvalue weighted by molar-refractivity contribution is 8.69. The molecule has 0 bridgehead atoms. The maximum Gasteiger partial charge on any atom is 0.324 e. The van der Waals surface area contributed by atoms with Crippen molar-refractivity contribution in [1.29, 1.82) is 0 Å². The second-order valence-corrected chi connectivity index (χ2v) is 5.34. The van der Waals surface area contributed by atoms with Crippen molar-refractivity contribution in [3.8, 4) is 0 Å². The van der Waals surface area contributed by atoms with Crippen molar-refractivity contribution >= 4 is 25.6 Å². The van der Waals surface area contributed by atoms with E-state index in [4.69, 9.17) is 10.3 Å². The molecule has 0 amide bonds. The third kappa shape index (κ3) is 3.12. The average Bonchev–Trinajstić information content (AvgIpc) is 1.82. The Morgan fingerprint density at radius 3 is 2.58 bits per heavy atom. The second kappa shape index (κ2) is 3.34. The van der Waals surface area contributed by atoms with E-state index < -0.39 is 9.15 Å². The van der Waals surface area contributed by atoms with E-state index in [9.17, 15) is 8.42 Å². The third-order valence-electron chi connectivity index (χ3n) is 1.06. The van der Waals surface area contributed by atoms with Gasteiger partial charge in [-0.1, -0.05) is 6.07 Å². The number of hydrogen-bond donors (Lipinski definition) is 2. The number of benzene rings is 1. The lowest BCUT2D eigenvalue weighted by atomic mass is 10.3. The van der Waals surface area contributed by atoms with E-state index in [0.717, 1.165) is 0 Å². The van der Waals surface area contributed by atoms with Crippen molar-refractivity contribution in [3.63, 3.8) is 0 Å². The molecule has 1 aromatic rings. The molecule has 0 aliphatic rings. The fourth-order valence-electron chi connectivity index (χ4n) is 0.688. The number of nitrogen functional groups attached to an aromatic ring is 1. The van der Waals surface area contributed by atoms with Crippen LogP contribution >= 0.6 is 10.8 Å². The van der Waals surface area contributed by atoms with E-state index in [0.29, 0.717) is 21.4 Å². The fourth-order valence-corrected chi connectivity index (χ4v) is 2.29. The smallest absolute Gasteiger partial charge is 0.324 e. The topological polar surface area (TPSA) is 80.4 Å². The van der Waals surface area contributed by atoms with Gasteiger partial charge < -0.3 is 5.73 Å². The summed E-state index contributed by atoms with van der Waals surface area (Å²) >= 11 is 0. The summed E-state index contributed by atoms with van der Waals surface area (Å²) in [7, 11) is -3.67. The molecule has 66 valence electrons. The first-order valence-corrected chi connectivity index (χ1v) is 5.77. The lowest BCUT2D eigenvalue weighted by Gasteiger charge is -1.97. The van der Waals surface area contributed by atoms with Crippen molar-refractivity contribution in [2.24, 2.45) is 0 Å². The minimum Gasteiger partial charge on any atom is -0.399 e. The number of rotatable bonds is 2. The quantitative estimate of drug-likeness (QED) is 0.430. The molecule has 0 unspecified atom stereocenters. The molecule has 0 aromatic heterocycles. The van der Waals surface area contributed by atoms with Crippen molar-refractivity contribution in [2.75, 3.05) is 5.73 Å². The zero-order chi connectivity index (χ0) is 9.19. The summed E-state index contributed by atoms with van der Waals surface area (Å²) < 4.78 is 29.2. The van der Waals surface area contributed by atoms with Crippen LogP contribution in [-0.4, -0.2) is 13.0 Å². The zero-order valence-corrected chi connectivity index (χ0v) is 7.60. The molecule has 3 N–H and O–H groups in total. The first kappa shape index (κ1) is 9.37. The fraction of sp³-hybridized carbons (Fsp3) is 0. The molecule has 0 aliphatic carbocycles. The van der Waals surface area contributed by atoms with E-state index in [1.54, 1.807) is 18.2 Å². The molecule has 12 heavy (non-hydrogen) atoms. The number of anilines is 1. The molecule has 1 rings (SSSR count). The van der Waals surface area contributed by atoms with Gasteiger partial charge >= 0.3 is 9.15 Å². The van der Waals surface area contributed by atoms with Crippen LogP contribution in [0.5, 0.6) is 0 Å². The first-order valence-electron chi connectivity index (χ1n) is 3.00. The number of nitrogens with two attached hydrogens (primary N) is 1. The summed E-state index contributed by atoms with van der Waals surface area (Å²) in [5.41, 5.74) is 5.85. The third-order valence-corrected chi connectivity index (χ3v) is 2.93. The molecule has 1 aromatic carbocycles. The van der Waals surface area contributed by atoms with Gasteiger partial charge in [-0.3, -0.25) is 4.55 Å². The van der Waals surface area contributed by atoms with Crippen LogP contribution in [0.15, 0.2) is 29.2 Å². The SMILES string of the molecule is Nc1cccc(SS(=O)(=O)O)c1. The molecule has 0 radical (unpaired) electrons. The van der Waals surface area contributed by atoms with Crippen LogP contribution in [-0.2, 0) is 9.15 Å². The summed E-state index contributed by atoms with van der Waals surface area (Å²) in [6.45, 7) is 0. The Kier molecular flexibility index (Phi) is 2.61. The molecule has 0 spiro atoms. The van der Waals surface area contributed by atoms with Crippen LogP contribution in [0.4, 0.5) is 5.69 Å². The largest absolute Gasteiger partial charge is 0.399 e. The molecule has 0 saturated heterocycles. The van der Waals surface area contributed by atoms with E-state index in [1.165, 1.54) is 6.07 Å². The summed E-state index contributed by atoms with van der Waals surface area (Å²) in [6, 6.07) is 6.27. The Balaban J connectivity index is 2.91. The first-order chi connectivity index (χ1) is 5.47. The predicted molar refractivity (Wildman–Crippen MR) is 48.3 cm³/mol. The van der Waals surface area contributed by atoms with Gasteiger partial charge in [0.15, 0.2) is 0 Å². The Morgan fingerprint density at radius 1 is 1.42 bits per heavy atom. The van der Waals surface area contributed by atoms with Crippen molar-refractivity contribution in [2.45, 2.75) is 4.90 Å². The van der Waals surface area contributed by atoms with Gasteiger partial charge in [0, 0.05) is 21.4 Å². The van der Waals surface area contributed by atoms with Gasteiger partial charge in [0.05, 0.1) is 0 Å². The van der Waals surface area contributed by atoms with E-state index in [-0.39, 0.29) is 0 Å². The van der Waals surface area contributed by atoms with Gasteiger partial charge in [0.1, 0.15) is 0 Å². The van der Waals surface area contributed by atoms with Crippen LogP contribution in [0.2, 0.25) is 0 Å². The van der Waals surface area contributed by atoms with Crippen LogP contribution in [0, 0.1) is 0 Å². The summed E-state index contributed by atoms with van der Waals surface area (Å²) in [5, 5.41) is 0. The standard InChI is InChI=1S/C6H7NO3S2/c7-5-2-1-3-6(4-5)11-12(8,9)10/h1-4H,7H2,(H,8,9,10). The zero-order valence-electron chi connectivity index (χ0n) is 5.97. The van der Waals surface area contributed by atoms with Gasteiger partial charge in [0.25, 0.3) is 0 Å². The average molecular weight is 205 g/mol. The Hall–Kier alpha value is -0.720. The van der Waals surface area contributed by atoms with Crippen LogP contribution < -0.4 is 5.73 Å². The van der Waals surface area contributed by atoms with Crippen LogP contribution in [0.25, 0.3) is 0 Å². The van der Waals surface area contributed by atoms with Gasteiger partial charge in [-0.25, -0.2) is 0 Å². The highest BCUT2D eigenvalue weighted by atomic mass is 33.1. The Labute approximate surface area is 73.9 Å². The lowest BCUT2D eigenvalue weighted by Crippen LogP contribution is -1.90. The minimum absolute atomic E-state index is 0.363. The van der Waals surface area contributed by atoms with Gasteiger partial charge in [-0.15, -0.1) is 0 Å². The minimum atomic E-state index is -4.03. The summed E-state index contributed by atoms with van der Waals surface area (Å²) in [5.74, 6) is 0. The second-order valence-electron chi connectivity index (χ2n) is 2.08. The maximum absolute atomic E-state index is 10.4. The van der Waals surface area contributed by atoms with Crippen molar-refractivity contribution in [3.05, 3.63) is 24.3 Å². The van der Waals surface area contributed by atoms with Crippen LogP contribution in [0.3, 0.4) is 0 Å². The Bertz CT molecular complexity index is 374. The van der Waals surface area contributed by atoms with Gasteiger partial charge in [0.2, 0.25) is 0 Å². The van der Waals surface area contributed by atoms with E-state index >= 15 is 0 Å². The molecule has 0 heterocycles. The Morgan fingerprint density at radius 2 is 2.08 bits per heavy atom. The molecule has 4 nitrogen and oxygen atoms in total. The number of hydrogen-bond acceptors (Lipinski definition) is 4. The van der Waals surface area contributed by atoms with Crippen molar-refractivity contribution in [1.82, 2.24) is 0 Å². The highest BCUT2D eigenvalue weighted by Crippen LogP contribution is 2.24. The van der Waals surface area contributed by atoms with Crippen molar-refractivity contribution < 1.29 is 13.0 Å². The normalized spacial score (nSPS) is 11.4. The molecule has 0 atom stereocenters. The van der Waals surface area contributed by atoms with Gasteiger partial charge in [-0.05, 0) is 18.2 Å².